The minimum Gasteiger partial charge on any atom is -0.462 e. The van der Waals surface area contributed by atoms with Crippen molar-refractivity contribution < 1.29 is 28.6 Å². The number of esters is 3. The minimum atomic E-state index is -0.760. The molecular weight excluding hydrogens is 757 g/mol. The Balaban J connectivity index is 4.29. The van der Waals surface area contributed by atoms with E-state index < -0.39 is 6.10 Å². The third-order valence-electron chi connectivity index (χ3n) is 12.6. The second-order valence-corrected chi connectivity index (χ2v) is 18.9. The van der Waals surface area contributed by atoms with Gasteiger partial charge >= 0.3 is 17.9 Å². The lowest BCUT2D eigenvalue weighted by molar-refractivity contribution is -0.167. The van der Waals surface area contributed by atoms with E-state index in [0.29, 0.717) is 19.3 Å². The lowest BCUT2D eigenvalue weighted by Crippen LogP contribution is -2.30. The van der Waals surface area contributed by atoms with Gasteiger partial charge in [-0.1, -0.05) is 278 Å². The first-order valence-corrected chi connectivity index (χ1v) is 27.5. The third-order valence-corrected chi connectivity index (χ3v) is 12.6. The molecule has 0 amide bonds. The van der Waals surface area contributed by atoms with Crippen molar-refractivity contribution in [3.8, 4) is 0 Å². The van der Waals surface area contributed by atoms with Crippen LogP contribution in [0.5, 0.6) is 0 Å². The van der Waals surface area contributed by atoms with E-state index >= 15 is 0 Å². The van der Waals surface area contributed by atoms with Crippen LogP contribution in [0.2, 0.25) is 0 Å². The Morgan fingerprint density at radius 1 is 0.262 bits per heavy atom. The summed E-state index contributed by atoms with van der Waals surface area (Å²) in [4.78, 5) is 38.0. The Bertz CT molecular complexity index is 905. The molecule has 6 heteroatoms. The average molecular weight is 863 g/mol. The van der Waals surface area contributed by atoms with Gasteiger partial charge in [-0.25, -0.2) is 0 Å². The first-order chi connectivity index (χ1) is 30.0. The van der Waals surface area contributed by atoms with Crippen LogP contribution < -0.4 is 0 Å². The summed E-state index contributed by atoms with van der Waals surface area (Å²) in [7, 11) is 0. The molecule has 0 N–H and O–H groups in total. The molecule has 1 atom stereocenters. The molecule has 0 heterocycles. The van der Waals surface area contributed by atoms with Gasteiger partial charge in [0.15, 0.2) is 6.10 Å². The van der Waals surface area contributed by atoms with Crippen LogP contribution in [-0.4, -0.2) is 37.2 Å². The molecule has 0 aliphatic carbocycles. The number of unbranched alkanes of at least 4 members (excludes halogenated alkanes) is 40. The predicted octanol–water partition coefficient (Wildman–Crippen LogP) is 18.0. The van der Waals surface area contributed by atoms with Crippen LogP contribution in [0.3, 0.4) is 0 Å². The van der Waals surface area contributed by atoms with E-state index in [9.17, 15) is 14.4 Å². The monoisotopic (exact) mass is 863 g/mol. The molecule has 0 aliphatic heterocycles. The molecule has 0 bridgehead atoms. The van der Waals surface area contributed by atoms with Gasteiger partial charge < -0.3 is 14.2 Å². The Labute approximate surface area is 380 Å². The molecule has 61 heavy (non-hydrogen) atoms. The largest absolute Gasteiger partial charge is 0.462 e. The van der Waals surface area contributed by atoms with Gasteiger partial charge in [0.25, 0.3) is 0 Å². The maximum Gasteiger partial charge on any atom is 0.306 e. The summed E-state index contributed by atoms with van der Waals surface area (Å²) in [5.41, 5.74) is 0. The molecule has 0 aliphatic rings. The highest BCUT2D eigenvalue weighted by molar-refractivity contribution is 5.71. The van der Waals surface area contributed by atoms with Crippen LogP contribution in [0, 0.1) is 0 Å². The highest BCUT2D eigenvalue weighted by atomic mass is 16.6. The smallest absolute Gasteiger partial charge is 0.306 e. The lowest BCUT2D eigenvalue weighted by Gasteiger charge is -2.18. The lowest BCUT2D eigenvalue weighted by atomic mass is 10.0. The molecule has 0 radical (unpaired) electrons. The zero-order valence-electron chi connectivity index (χ0n) is 41.5. The van der Waals surface area contributed by atoms with Crippen molar-refractivity contribution in [3.63, 3.8) is 0 Å². The summed E-state index contributed by atoms with van der Waals surface area (Å²) < 4.78 is 16.8. The van der Waals surface area contributed by atoms with Gasteiger partial charge in [0.05, 0.1) is 0 Å². The van der Waals surface area contributed by atoms with E-state index in [1.165, 1.54) is 218 Å². The molecule has 0 fully saturated rings. The van der Waals surface area contributed by atoms with Crippen molar-refractivity contribution in [2.75, 3.05) is 13.2 Å². The fraction of sp³-hybridized carbons (Fsp3) is 0.945. The summed E-state index contributed by atoms with van der Waals surface area (Å²) in [6, 6.07) is 0. The SMILES string of the molecule is CCCCCCCCCCCCCCCCCCC(=O)OC[C@H](COC(=O)CCCCCCCCCCCCCCCC)OC(=O)CCCCCCCCCCCCCCC. The Morgan fingerprint density at radius 2 is 0.443 bits per heavy atom. The molecule has 0 aromatic carbocycles. The highest BCUT2D eigenvalue weighted by Crippen LogP contribution is 2.17. The molecular formula is C55H106O6. The van der Waals surface area contributed by atoms with E-state index in [1.54, 1.807) is 0 Å². The molecule has 362 valence electrons. The molecule has 0 unspecified atom stereocenters. The summed E-state index contributed by atoms with van der Waals surface area (Å²) in [5, 5.41) is 0. The second kappa shape index (κ2) is 51.0. The van der Waals surface area contributed by atoms with E-state index in [2.05, 4.69) is 20.8 Å². The van der Waals surface area contributed by atoms with Crippen molar-refractivity contribution in [1.82, 2.24) is 0 Å². The minimum absolute atomic E-state index is 0.0613. The predicted molar refractivity (Wildman–Crippen MR) is 261 cm³/mol. The third kappa shape index (κ3) is 49.3. The summed E-state index contributed by atoms with van der Waals surface area (Å²) in [6.07, 6.45) is 55.1. The number of ether oxygens (including phenoxy) is 3. The van der Waals surface area contributed by atoms with Crippen LogP contribution in [0.1, 0.15) is 316 Å². The molecule has 0 rings (SSSR count). The highest BCUT2D eigenvalue weighted by Gasteiger charge is 2.19. The Hall–Kier alpha value is -1.59. The molecule has 0 spiro atoms. The quantitative estimate of drug-likeness (QED) is 0.0344. The summed E-state index contributed by atoms with van der Waals surface area (Å²) in [6.45, 7) is 6.69. The van der Waals surface area contributed by atoms with E-state index in [0.717, 1.165) is 57.8 Å². The number of carbonyl (C=O) groups is 3. The zero-order valence-corrected chi connectivity index (χ0v) is 41.5. The fourth-order valence-corrected chi connectivity index (χ4v) is 8.45. The number of hydrogen-bond donors (Lipinski definition) is 0. The first-order valence-electron chi connectivity index (χ1n) is 27.5. The van der Waals surface area contributed by atoms with E-state index in [1.807, 2.05) is 0 Å². The maximum atomic E-state index is 12.8. The molecule has 0 aromatic heterocycles. The summed E-state index contributed by atoms with van der Waals surface area (Å²) in [5.74, 6) is -0.836. The standard InChI is InChI=1S/C55H106O6/c1-4-7-10-13-16-19-22-25-27-28-31-33-36-39-42-45-48-54(57)60-51-52(61-55(58)49-46-43-40-37-34-29-24-21-18-15-12-9-6-3)50-59-53(56)47-44-41-38-35-32-30-26-23-20-17-14-11-8-5-2/h52H,4-51H2,1-3H3/t52-/m0/s1. The van der Waals surface area contributed by atoms with E-state index in [4.69, 9.17) is 14.2 Å². The van der Waals surface area contributed by atoms with Gasteiger partial charge in [-0.05, 0) is 19.3 Å². The van der Waals surface area contributed by atoms with Crippen LogP contribution in [0.4, 0.5) is 0 Å². The van der Waals surface area contributed by atoms with Crippen molar-refractivity contribution >= 4 is 17.9 Å². The topological polar surface area (TPSA) is 78.9 Å². The fourth-order valence-electron chi connectivity index (χ4n) is 8.45. The first kappa shape index (κ1) is 59.4. The molecule has 0 saturated heterocycles. The van der Waals surface area contributed by atoms with Crippen LogP contribution in [0.25, 0.3) is 0 Å². The van der Waals surface area contributed by atoms with Gasteiger partial charge in [0, 0.05) is 19.3 Å². The zero-order chi connectivity index (χ0) is 44.4. The molecule has 0 saturated carbocycles. The van der Waals surface area contributed by atoms with Crippen molar-refractivity contribution in [1.29, 1.82) is 0 Å². The Morgan fingerprint density at radius 3 is 0.656 bits per heavy atom. The molecule has 0 aromatic rings. The Kier molecular flexibility index (Phi) is 49.7. The maximum absolute atomic E-state index is 12.8. The number of hydrogen-bond acceptors (Lipinski definition) is 6. The van der Waals surface area contributed by atoms with Crippen LogP contribution >= 0.6 is 0 Å². The van der Waals surface area contributed by atoms with E-state index in [-0.39, 0.29) is 31.1 Å². The number of rotatable bonds is 51. The van der Waals surface area contributed by atoms with Gasteiger partial charge in [-0.2, -0.15) is 0 Å². The van der Waals surface area contributed by atoms with Gasteiger partial charge in [-0.15, -0.1) is 0 Å². The number of carbonyl (C=O) groups excluding carboxylic acids is 3. The van der Waals surface area contributed by atoms with Crippen LogP contribution in [-0.2, 0) is 28.6 Å². The van der Waals surface area contributed by atoms with Crippen molar-refractivity contribution in [2.45, 2.75) is 322 Å². The van der Waals surface area contributed by atoms with Crippen molar-refractivity contribution in [2.24, 2.45) is 0 Å². The van der Waals surface area contributed by atoms with Crippen LogP contribution in [0.15, 0.2) is 0 Å². The average Bonchev–Trinajstić information content (AvgIpc) is 3.26. The van der Waals surface area contributed by atoms with Gasteiger partial charge in [0.1, 0.15) is 13.2 Å². The molecule has 6 nitrogen and oxygen atoms in total. The normalized spacial score (nSPS) is 11.9. The summed E-state index contributed by atoms with van der Waals surface area (Å²) >= 11 is 0. The van der Waals surface area contributed by atoms with Crippen molar-refractivity contribution in [3.05, 3.63) is 0 Å². The van der Waals surface area contributed by atoms with Gasteiger partial charge in [-0.3, -0.25) is 14.4 Å². The second-order valence-electron chi connectivity index (χ2n) is 18.9. The van der Waals surface area contributed by atoms with Gasteiger partial charge in [0.2, 0.25) is 0 Å².